The molecular formula is C15H18N2O4S. The summed E-state index contributed by atoms with van der Waals surface area (Å²) < 4.78 is 10.6. The Morgan fingerprint density at radius 1 is 1.32 bits per heavy atom. The number of carbonyl (C=O) groups excluding carboxylic acids is 2. The van der Waals surface area contributed by atoms with E-state index in [9.17, 15) is 9.59 Å². The lowest BCUT2D eigenvalue weighted by Crippen LogP contribution is -2.39. The van der Waals surface area contributed by atoms with Gasteiger partial charge < -0.3 is 14.5 Å². The number of thioether (sulfide) groups is 1. The van der Waals surface area contributed by atoms with E-state index >= 15 is 0 Å². The van der Waals surface area contributed by atoms with Crippen molar-refractivity contribution in [2.45, 2.75) is 38.1 Å². The predicted molar refractivity (Wildman–Crippen MR) is 83.6 cm³/mol. The lowest BCUT2D eigenvalue weighted by Gasteiger charge is -2.14. The standard InChI is InChI=1S/C15H18N2O4S/c1-9(2)16-14(19)10(3)20-13(18)8-22-15-17-11-6-4-5-7-12(11)21-15/h4-7,9-10H,8H2,1-3H3,(H,16,19)/t10-/m1/s1. The fourth-order valence-electron chi connectivity index (χ4n) is 1.72. The summed E-state index contributed by atoms with van der Waals surface area (Å²) in [5.74, 6) is -0.763. The molecule has 6 nitrogen and oxygen atoms in total. The summed E-state index contributed by atoms with van der Waals surface area (Å²) in [6.07, 6.45) is -0.820. The maximum atomic E-state index is 11.7. The Labute approximate surface area is 132 Å². The summed E-state index contributed by atoms with van der Waals surface area (Å²) in [6.45, 7) is 5.23. The Balaban J connectivity index is 1.83. The van der Waals surface area contributed by atoms with Gasteiger partial charge in [-0.25, -0.2) is 4.98 Å². The van der Waals surface area contributed by atoms with Gasteiger partial charge in [0.15, 0.2) is 11.7 Å². The van der Waals surface area contributed by atoms with E-state index in [1.165, 1.54) is 0 Å². The normalized spacial score (nSPS) is 12.4. The number of fused-ring (bicyclic) bond motifs is 1. The first-order valence-corrected chi connectivity index (χ1v) is 7.92. The van der Waals surface area contributed by atoms with E-state index in [0.29, 0.717) is 10.8 Å². The lowest BCUT2D eigenvalue weighted by atomic mass is 10.3. The van der Waals surface area contributed by atoms with Crippen molar-refractivity contribution < 1.29 is 18.7 Å². The first-order valence-electron chi connectivity index (χ1n) is 6.94. The van der Waals surface area contributed by atoms with Crippen LogP contribution in [0.15, 0.2) is 33.9 Å². The molecular weight excluding hydrogens is 304 g/mol. The highest BCUT2D eigenvalue weighted by atomic mass is 32.2. The zero-order valence-electron chi connectivity index (χ0n) is 12.7. The molecule has 1 atom stereocenters. The van der Waals surface area contributed by atoms with Gasteiger partial charge in [-0.3, -0.25) is 9.59 Å². The van der Waals surface area contributed by atoms with Crippen molar-refractivity contribution in [3.05, 3.63) is 24.3 Å². The number of ether oxygens (including phenoxy) is 1. The number of nitrogens with one attached hydrogen (secondary N) is 1. The van der Waals surface area contributed by atoms with Crippen LogP contribution in [0.3, 0.4) is 0 Å². The molecule has 2 rings (SSSR count). The molecule has 0 aliphatic heterocycles. The molecule has 1 aromatic carbocycles. The molecule has 118 valence electrons. The topological polar surface area (TPSA) is 81.4 Å². The molecule has 0 aliphatic rings. The number of carbonyl (C=O) groups is 2. The highest BCUT2D eigenvalue weighted by Gasteiger charge is 2.19. The SMILES string of the molecule is CC(C)NC(=O)[C@@H](C)OC(=O)CSc1nc2ccccc2o1. The second-order valence-electron chi connectivity index (χ2n) is 5.03. The average molecular weight is 322 g/mol. The van der Waals surface area contributed by atoms with Crippen LogP contribution >= 0.6 is 11.8 Å². The summed E-state index contributed by atoms with van der Waals surface area (Å²) in [5, 5.41) is 3.09. The smallest absolute Gasteiger partial charge is 0.317 e. The molecule has 2 aromatic rings. The van der Waals surface area contributed by atoms with Gasteiger partial charge >= 0.3 is 5.97 Å². The van der Waals surface area contributed by atoms with Crippen LogP contribution in [-0.2, 0) is 14.3 Å². The molecule has 0 bridgehead atoms. The fraction of sp³-hybridized carbons (Fsp3) is 0.400. The van der Waals surface area contributed by atoms with Gasteiger partial charge in [-0.2, -0.15) is 0 Å². The third-order valence-corrected chi connectivity index (χ3v) is 3.50. The van der Waals surface area contributed by atoms with Crippen molar-refractivity contribution in [3.63, 3.8) is 0 Å². The molecule has 1 heterocycles. The van der Waals surface area contributed by atoms with E-state index in [0.717, 1.165) is 17.3 Å². The summed E-state index contributed by atoms with van der Waals surface area (Å²) in [5.41, 5.74) is 1.41. The van der Waals surface area contributed by atoms with Crippen LogP contribution in [-0.4, -0.2) is 34.8 Å². The molecule has 1 amide bonds. The highest BCUT2D eigenvalue weighted by molar-refractivity contribution is 7.99. The number of nitrogens with zero attached hydrogens (tertiary/aromatic N) is 1. The van der Waals surface area contributed by atoms with E-state index < -0.39 is 12.1 Å². The minimum absolute atomic E-state index is 0.00257. The van der Waals surface area contributed by atoms with Gasteiger partial charge in [-0.05, 0) is 32.9 Å². The number of rotatable bonds is 6. The van der Waals surface area contributed by atoms with Crippen molar-refractivity contribution in [2.24, 2.45) is 0 Å². The average Bonchev–Trinajstić information content (AvgIpc) is 2.87. The third kappa shape index (κ3) is 4.49. The van der Waals surface area contributed by atoms with E-state index in [2.05, 4.69) is 10.3 Å². The number of benzene rings is 1. The first-order chi connectivity index (χ1) is 10.5. The third-order valence-electron chi connectivity index (χ3n) is 2.70. The number of oxazole rings is 1. The summed E-state index contributed by atoms with van der Waals surface area (Å²) in [6, 6.07) is 7.36. The number of esters is 1. The minimum Gasteiger partial charge on any atom is -0.452 e. The molecule has 22 heavy (non-hydrogen) atoms. The lowest BCUT2D eigenvalue weighted by molar-refractivity contribution is -0.152. The van der Waals surface area contributed by atoms with Crippen LogP contribution in [0.2, 0.25) is 0 Å². The Morgan fingerprint density at radius 2 is 2.05 bits per heavy atom. The predicted octanol–water partition coefficient (Wildman–Crippen LogP) is 2.38. The molecule has 1 aromatic heterocycles. The maximum Gasteiger partial charge on any atom is 0.317 e. The minimum atomic E-state index is -0.820. The molecule has 0 saturated heterocycles. The van der Waals surface area contributed by atoms with Gasteiger partial charge in [0, 0.05) is 6.04 Å². The molecule has 0 unspecified atom stereocenters. The van der Waals surface area contributed by atoms with Crippen LogP contribution in [0, 0.1) is 0 Å². The Hall–Kier alpha value is -2.02. The monoisotopic (exact) mass is 322 g/mol. The second kappa shape index (κ2) is 7.31. The Bertz CT molecular complexity index is 635. The highest BCUT2D eigenvalue weighted by Crippen LogP contribution is 2.23. The van der Waals surface area contributed by atoms with Gasteiger partial charge in [0.25, 0.3) is 11.1 Å². The molecule has 0 radical (unpaired) electrons. The van der Waals surface area contributed by atoms with Crippen LogP contribution in [0.4, 0.5) is 0 Å². The van der Waals surface area contributed by atoms with Crippen molar-refractivity contribution in [1.29, 1.82) is 0 Å². The van der Waals surface area contributed by atoms with E-state index in [1.807, 2.05) is 38.1 Å². The Kier molecular flexibility index (Phi) is 5.43. The zero-order valence-corrected chi connectivity index (χ0v) is 13.5. The van der Waals surface area contributed by atoms with Crippen molar-refractivity contribution >= 4 is 34.7 Å². The van der Waals surface area contributed by atoms with Gasteiger partial charge in [-0.1, -0.05) is 23.9 Å². The van der Waals surface area contributed by atoms with Crippen LogP contribution < -0.4 is 5.32 Å². The molecule has 1 N–H and O–H groups in total. The number of aromatic nitrogens is 1. The molecule has 0 saturated carbocycles. The van der Waals surface area contributed by atoms with E-state index in [4.69, 9.17) is 9.15 Å². The molecule has 0 fully saturated rings. The molecule has 7 heteroatoms. The van der Waals surface area contributed by atoms with Crippen LogP contribution in [0.1, 0.15) is 20.8 Å². The van der Waals surface area contributed by atoms with Gasteiger partial charge in [0.2, 0.25) is 0 Å². The van der Waals surface area contributed by atoms with E-state index in [-0.39, 0.29) is 17.7 Å². The fourth-order valence-corrected chi connectivity index (χ4v) is 2.34. The largest absolute Gasteiger partial charge is 0.452 e. The maximum absolute atomic E-state index is 11.7. The van der Waals surface area contributed by atoms with Crippen molar-refractivity contribution in [2.75, 3.05) is 5.75 Å². The summed E-state index contributed by atoms with van der Waals surface area (Å²) >= 11 is 1.14. The van der Waals surface area contributed by atoms with E-state index in [1.54, 1.807) is 6.92 Å². The van der Waals surface area contributed by atoms with Crippen molar-refractivity contribution in [3.8, 4) is 0 Å². The van der Waals surface area contributed by atoms with Crippen LogP contribution in [0.5, 0.6) is 0 Å². The Morgan fingerprint density at radius 3 is 2.73 bits per heavy atom. The van der Waals surface area contributed by atoms with Crippen molar-refractivity contribution in [1.82, 2.24) is 10.3 Å². The van der Waals surface area contributed by atoms with Gasteiger partial charge in [0.1, 0.15) is 11.3 Å². The van der Waals surface area contributed by atoms with Gasteiger partial charge in [0.05, 0.1) is 0 Å². The van der Waals surface area contributed by atoms with Gasteiger partial charge in [-0.15, -0.1) is 0 Å². The first kappa shape index (κ1) is 16.4. The number of hydrogen-bond donors (Lipinski definition) is 1. The molecule has 0 aliphatic carbocycles. The quantitative estimate of drug-likeness (QED) is 0.649. The summed E-state index contributed by atoms with van der Waals surface area (Å²) in [4.78, 5) is 27.6. The number of hydrogen-bond acceptors (Lipinski definition) is 6. The second-order valence-corrected chi connectivity index (χ2v) is 5.96. The number of para-hydroxylation sites is 2. The van der Waals surface area contributed by atoms with Crippen LogP contribution in [0.25, 0.3) is 11.1 Å². The number of amides is 1. The summed E-state index contributed by atoms with van der Waals surface area (Å²) in [7, 11) is 0. The zero-order chi connectivity index (χ0) is 16.1. The molecule has 0 spiro atoms.